The van der Waals surface area contributed by atoms with E-state index in [2.05, 4.69) is 4.98 Å². The first-order valence-electron chi connectivity index (χ1n) is 8.01. The molecule has 0 saturated carbocycles. The maximum Gasteiger partial charge on any atom is 0.262 e. The van der Waals surface area contributed by atoms with E-state index in [1.165, 1.54) is 22.9 Å². The molecule has 1 amide bonds. The molecule has 0 bridgehead atoms. The molecule has 0 aliphatic carbocycles. The van der Waals surface area contributed by atoms with Crippen LogP contribution >= 0.6 is 23.2 Å². The number of amides is 1. The van der Waals surface area contributed by atoms with Gasteiger partial charge in [0.1, 0.15) is 0 Å². The third kappa shape index (κ3) is 3.88. The summed E-state index contributed by atoms with van der Waals surface area (Å²) in [6.45, 7) is 1.23. The second kappa shape index (κ2) is 7.56. The molecule has 1 aromatic heterocycles. The summed E-state index contributed by atoms with van der Waals surface area (Å²) in [6, 6.07) is 4.72. The van der Waals surface area contributed by atoms with Crippen LogP contribution in [0.25, 0.3) is 0 Å². The number of hydrogen-bond acceptors (Lipinski definition) is 4. The molecule has 140 valence electrons. The van der Waals surface area contributed by atoms with Crippen molar-refractivity contribution >= 4 is 39.1 Å². The van der Waals surface area contributed by atoms with Gasteiger partial charge in [0.15, 0.2) is 5.03 Å². The minimum Gasteiger partial charge on any atom is -0.339 e. The van der Waals surface area contributed by atoms with Crippen LogP contribution in [0.4, 0.5) is 0 Å². The monoisotopic (exact) mass is 416 g/mol. The number of carbonyl (C=O) groups is 1. The van der Waals surface area contributed by atoms with Gasteiger partial charge in [0.25, 0.3) is 15.9 Å². The molecule has 2 aromatic rings. The smallest absolute Gasteiger partial charge is 0.262 e. The summed E-state index contributed by atoms with van der Waals surface area (Å²) in [6.07, 6.45) is 3.44. The molecule has 0 atom stereocenters. The van der Waals surface area contributed by atoms with Crippen LogP contribution in [0.15, 0.2) is 35.7 Å². The van der Waals surface area contributed by atoms with Crippen LogP contribution < -0.4 is 0 Å². The van der Waals surface area contributed by atoms with E-state index in [1.54, 1.807) is 28.6 Å². The van der Waals surface area contributed by atoms with Crippen molar-refractivity contribution in [3.63, 3.8) is 0 Å². The van der Waals surface area contributed by atoms with Gasteiger partial charge in [-0.25, -0.2) is 13.4 Å². The zero-order valence-electron chi connectivity index (χ0n) is 14.1. The maximum absolute atomic E-state index is 12.8. The Bertz CT molecular complexity index is 929. The summed E-state index contributed by atoms with van der Waals surface area (Å²) in [5.41, 5.74) is 0.320. The molecule has 1 aliphatic rings. The second-order valence-corrected chi connectivity index (χ2v) is 8.78. The lowest BCUT2D eigenvalue weighted by molar-refractivity contribution is 0.0764. The number of aryl methyl sites for hydroxylation is 1. The maximum atomic E-state index is 12.8. The molecule has 7 nitrogen and oxygen atoms in total. The van der Waals surface area contributed by atoms with Crippen LogP contribution in [0, 0.1) is 0 Å². The van der Waals surface area contributed by atoms with Crippen molar-refractivity contribution in [2.24, 2.45) is 7.05 Å². The topological polar surface area (TPSA) is 75.5 Å². The minimum atomic E-state index is -3.68. The van der Waals surface area contributed by atoms with Crippen molar-refractivity contribution in [1.82, 2.24) is 18.8 Å². The molecule has 1 fully saturated rings. The lowest BCUT2D eigenvalue weighted by Gasteiger charge is -2.22. The fraction of sp³-hybridized carbons (Fsp3) is 0.375. The van der Waals surface area contributed by atoms with Gasteiger partial charge in [-0.05, 0) is 24.6 Å². The Labute approximate surface area is 162 Å². The number of sulfonamides is 1. The Hall–Kier alpha value is -1.61. The average molecular weight is 417 g/mol. The van der Waals surface area contributed by atoms with Crippen LogP contribution in [-0.4, -0.2) is 59.3 Å². The van der Waals surface area contributed by atoms with E-state index in [0.717, 1.165) is 0 Å². The van der Waals surface area contributed by atoms with Gasteiger partial charge in [0.05, 0.1) is 16.9 Å². The first-order chi connectivity index (χ1) is 12.3. The van der Waals surface area contributed by atoms with Gasteiger partial charge in [-0.3, -0.25) is 4.79 Å². The van der Waals surface area contributed by atoms with Crippen LogP contribution in [0.2, 0.25) is 10.0 Å². The first kappa shape index (κ1) is 19.2. The Morgan fingerprint density at radius 3 is 2.62 bits per heavy atom. The van der Waals surface area contributed by atoms with Gasteiger partial charge < -0.3 is 9.47 Å². The van der Waals surface area contributed by atoms with E-state index in [-0.39, 0.29) is 24.0 Å². The third-order valence-corrected chi connectivity index (χ3v) is 6.54. The van der Waals surface area contributed by atoms with Crippen molar-refractivity contribution < 1.29 is 13.2 Å². The molecule has 1 aliphatic heterocycles. The van der Waals surface area contributed by atoms with Crippen molar-refractivity contribution in [2.75, 3.05) is 26.2 Å². The van der Waals surface area contributed by atoms with E-state index >= 15 is 0 Å². The highest BCUT2D eigenvalue weighted by Gasteiger charge is 2.30. The number of aromatic nitrogens is 2. The SMILES string of the molecule is Cn1cnc(S(=O)(=O)N2CCCN(C(=O)c3cc(Cl)ccc3Cl)CC2)c1. The van der Waals surface area contributed by atoms with E-state index in [1.807, 2.05) is 0 Å². The van der Waals surface area contributed by atoms with Gasteiger partial charge in [-0.2, -0.15) is 4.31 Å². The molecular weight excluding hydrogens is 399 g/mol. The molecule has 1 aromatic carbocycles. The van der Waals surface area contributed by atoms with Gasteiger partial charge in [-0.1, -0.05) is 23.2 Å². The van der Waals surface area contributed by atoms with Crippen molar-refractivity contribution in [3.8, 4) is 0 Å². The van der Waals surface area contributed by atoms with Crippen molar-refractivity contribution in [3.05, 3.63) is 46.3 Å². The molecule has 0 spiro atoms. The van der Waals surface area contributed by atoms with Gasteiger partial charge >= 0.3 is 0 Å². The van der Waals surface area contributed by atoms with Gasteiger partial charge in [0.2, 0.25) is 0 Å². The molecule has 2 heterocycles. The highest BCUT2D eigenvalue weighted by Crippen LogP contribution is 2.23. The third-order valence-electron chi connectivity index (χ3n) is 4.19. The Morgan fingerprint density at radius 2 is 1.92 bits per heavy atom. The number of rotatable bonds is 3. The zero-order valence-corrected chi connectivity index (χ0v) is 16.4. The quantitative estimate of drug-likeness (QED) is 0.768. The van der Waals surface area contributed by atoms with Crippen LogP contribution in [-0.2, 0) is 17.1 Å². The predicted octanol–water partition coefficient (Wildman–Crippen LogP) is 2.26. The van der Waals surface area contributed by atoms with Gasteiger partial charge in [-0.15, -0.1) is 0 Å². The molecule has 0 unspecified atom stereocenters. The summed E-state index contributed by atoms with van der Waals surface area (Å²) in [5.74, 6) is -0.255. The molecule has 1 saturated heterocycles. The summed E-state index contributed by atoms with van der Waals surface area (Å²) in [7, 11) is -1.97. The average Bonchev–Trinajstić information content (AvgIpc) is 2.89. The highest BCUT2D eigenvalue weighted by atomic mass is 35.5. The molecule has 26 heavy (non-hydrogen) atoms. The molecule has 0 N–H and O–H groups in total. The zero-order chi connectivity index (χ0) is 18.9. The molecule has 10 heteroatoms. The normalized spacial score (nSPS) is 16.5. The summed E-state index contributed by atoms with van der Waals surface area (Å²) >= 11 is 12.1. The fourth-order valence-corrected chi connectivity index (χ4v) is 4.63. The van der Waals surface area contributed by atoms with E-state index in [0.29, 0.717) is 35.1 Å². The lowest BCUT2D eigenvalue weighted by Crippen LogP contribution is -2.37. The summed E-state index contributed by atoms with van der Waals surface area (Å²) in [5, 5.41) is 0.756. The number of benzene rings is 1. The van der Waals surface area contributed by atoms with E-state index < -0.39 is 10.0 Å². The number of nitrogens with zero attached hydrogens (tertiary/aromatic N) is 4. The molecular formula is C16H18Cl2N4O3S. The first-order valence-corrected chi connectivity index (χ1v) is 10.2. The van der Waals surface area contributed by atoms with Gasteiger partial charge in [0, 0.05) is 44.4 Å². The highest BCUT2D eigenvalue weighted by molar-refractivity contribution is 7.89. The van der Waals surface area contributed by atoms with Crippen LogP contribution in [0.1, 0.15) is 16.8 Å². The number of carbonyl (C=O) groups excluding carboxylic acids is 1. The second-order valence-electron chi connectivity index (χ2n) is 6.05. The molecule has 0 radical (unpaired) electrons. The number of hydrogen-bond donors (Lipinski definition) is 0. The predicted molar refractivity (Wildman–Crippen MR) is 98.9 cm³/mol. The van der Waals surface area contributed by atoms with Crippen molar-refractivity contribution in [2.45, 2.75) is 11.4 Å². The summed E-state index contributed by atoms with van der Waals surface area (Å²) in [4.78, 5) is 18.3. The minimum absolute atomic E-state index is 0.0117. The number of halogens is 2. The van der Waals surface area contributed by atoms with E-state index in [9.17, 15) is 13.2 Å². The Morgan fingerprint density at radius 1 is 1.15 bits per heavy atom. The fourth-order valence-electron chi connectivity index (χ4n) is 2.82. The number of imidazole rings is 1. The van der Waals surface area contributed by atoms with E-state index in [4.69, 9.17) is 23.2 Å². The standard InChI is InChI=1S/C16H18Cl2N4O3S/c1-20-10-15(19-11-20)26(24,25)22-6-2-5-21(7-8-22)16(23)13-9-12(17)3-4-14(13)18/h3-4,9-11H,2,5-8H2,1H3. The summed E-state index contributed by atoms with van der Waals surface area (Å²) < 4.78 is 28.4. The Kier molecular flexibility index (Phi) is 5.57. The Balaban J connectivity index is 1.76. The van der Waals surface area contributed by atoms with Crippen LogP contribution in [0.5, 0.6) is 0 Å². The van der Waals surface area contributed by atoms with Crippen molar-refractivity contribution in [1.29, 1.82) is 0 Å². The largest absolute Gasteiger partial charge is 0.339 e. The molecule has 3 rings (SSSR count). The lowest BCUT2D eigenvalue weighted by atomic mass is 10.2. The van der Waals surface area contributed by atoms with Crippen LogP contribution in [0.3, 0.4) is 0 Å².